The Morgan fingerprint density at radius 2 is 1.61 bits per heavy atom. The lowest BCUT2D eigenvalue weighted by Gasteiger charge is -2.57. The number of amides is 1. The molecule has 5 rings (SSSR count). The molecule has 0 N–H and O–H groups in total. The third kappa shape index (κ3) is 3.86. The van der Waals surface area contributed by atoms with Gasteiger partial charge in [-0.15, -0.1) is 0 Å². The number of rotatable bonds is 7. The minimum atomic E-state index is -3.37. The number of carbonyl (C=O) groups excluding carboxylic acids is 1. The maximum Gasteiger partial charge on any atom is 0.253 e. The summed E-state index contributed by atoms with van der Waals surface area (Å²) in [6.07, 6.45) is 8.01. The van der Waals surface area contributed by atoms with Crippen LogP contribution in [0.5, 0.6) is 0 Å². The number of nitrogens with zero attached hydrogens (tertiary/aromatic N) is 1. The molecule has 5 nitrogen and oxygen atoms in total. The molecule has 0 saturated heterocycles. The molecule has 0 unspecified atom stereocenters. The van der Waals surface area contributed by atoms with Crippen LogP contribution >= 0.6 is 0 Å². The Hall–Kier alpha value is -1.40. The molecule has 4 fully saturated rings. The summed E-state index contributed by atoms with van der Waals surface area (Å²) in [5, 5.41) is 0. The number of sulfone groups is 1. The van der Waals surface area contributed by atoms with Gasteiger partial charge in [-0.05, 0) is 86.0 Å². The topological polar surface area (TPSA) is 63.7 Å². The molecular formula is C22H31NO4S. The quantitative estimate of drug-likeness (QED) is 0.697. The molecule has 1 aromatic rings. The summed E-state index contributed by atoms with van der Waals surface area (Å²) in [5.74, 6) is 2.53. The Kier molecular flexibility index (Phi) is 5.29. The summed E-state index contributed by atoms with van der Waals surface area (Å²) in [7, 11) is 0.00475. The molecule has 1 aromatic carbocycles. The molecule has 0 spiro atoms. The van der Waals surface area contributed by atoms with E-state index >= 15 is 0 Å². The van der Waals surface area contributed by atoms with E-state index in [1.807, 2.05) is 11.9 Å². The highest BCUT2D eigenvalue weighted by Gasteiger charge is 2.51. The maximum absolute atomic E-state index is 13.0. The van der Waals surface area contributed by atoms with Crippen LogP contribution in [0.15, 0.2) is 29.2 Å². The number of methoxy groups -OCH3 is 1. The monoisotopic (exact) mass is 405 g/mol. The average Bonchev–Trinajstić information content (AvgIpc) is 2.64. The van der Waals surface area contributed by atoms with Crippen molar-refractivity contribution in [3.63, 3.8) is 0 Å². The molecule has 4 aliphatic carbocycles. The molecule has 4 bridgehead atoms. The molecule has 0 heterocycles. The van der Waals surface area contributed by atoms with Gasteiger partial charge in [-0.1, -0.05) is 0 Å². The third-order valence-corrected chi connectivity index (χ3v) is 8.80. The normalized spacial score (nSPS) is 31.1. The molecule has 0 radical (unpaired) electrons. The smallest absolute Gasteiger partial charge is 0.253 e. The lowest BCUT2D eigenvalue weighted by molar-refractivity contribution is -0.0629. The molecule has 0 aromatic heterocycles. The van der Waals surface area contributed by atoms with Gasteiger partial charge >= 0.3 is 0 Å². The van der Waals surface area contributed by atoms with Gasteiger partial charge in [0, 0.05) is 26.3 Å². The molecule has 154 valence electrons. The van der Waals surface area contributed by atoms with Crippen molar-refractivity contribution < 1.29 is 17.9 Å². The minimum Gasteiger partial charge on any atom is -0.384 e. The van der Waals surface area contributed by atoms with Gasteiger partial charge in [0.15, 0.2) is 9.84 Å². The fourth-order valence-corrected chi connectivity index (χ4v) is 7.57. The number of benzene rings is 1. The fraction of sp³-hybridized carbons (Fsp3) is 0.682. The molecule has 0 aliphatic heterocycles. The minimum absolute atomic E-state index is 0.0171. The predicted octanol–water partition coefficient (Wildman–Crippen LogP) is 3.40. The van der Waals surface area contributed by atoms with Crippen molar-refractivity contribution in [2.24, 2.45) is 23.2 Å². The Morgan fingerprint density at radius 1 is 1.07 bits per heavy atom. The van der Waals surface area contributed by atoms with E-state index in [1.165, 1.54) is 57.8 Å². The second-order valence-corrected chi connectivity index (χ2v) is 11.5. The van der Waals surface area contributed by atoms with Crippen LogP contribution < -0.4 is 0 Å². The Balaban J connectivity index is 1.43. The summed E-state index contributed by atoms with van der Waals surface area (Å²) in [6.45, 7) is 0.986. The van der Waals surface area contributed by atoms with Gasteiger partial charge in [-0.2, -0.15) is 0 Å². The first kappa shape index (κ1) is 19.9. The summed E-state index contributed by atoms with van der Waals surface area (Å²) < 4.78 is 29.4. The van der Waals surface area contributed by atoms with E-state index in [4.69, 9.17) is 4.74 Å². The van der Waals surface area contributed by atoms with Crippen LogP contribution in [0, 0.1) is 23.2 Å². The molecular weight excluding hydrogens is 374 g/mol. The third-order valence-electron chi connectivity index (χ3n) is 7.10. The number of ether oxygens (including phenoxy) is 1. The average molecular weight is 406 g/mol. The van der Waals surface area contributed by atoms with Gasteiger partial charge in [0.1, 0.15) is 0 Å². The molecule has 1 amide bonds. The van der Waals surface area contributed by atoms with Gasteiger partial charge in [-0.3, -0.25) is 4.79 Å². The van der Waals surface area contributed by atoms with Crippen LogP contribution in [-0.4, -0.2) is 52.3 Å². The van der Waals surface area contributed by atoms with Gasteiger partial charge in [0.05, 0.1) is 17.3 Å². The van der Waals surface area contributed by atoms with Crippen LogP contribution in [0.25, 0.3) is 0 Å². The van der Waals surface area contributed by atoms with Crippen molar-refractivity contribution >= 4 is 15.7 Å². The Bertz CT molecular complexity index is 795. The number of hydrogen-bond acceptors (Lipinski definition) is 4. The lowest BCUT2D eigenvalue weighted by Crippen LogP contribution is -2.51. The highest BCUT2D eigenvalue weighted by Crippen LogP contribution is 2.60. The van der Waals surface area contributed by atoms with E-state index in [2.05, 4.69) is 0 Å². The zero-order chi connectivity index (χ0) is 19.9. The summed E-state index contributed by atoms with van der Waals surface area (Å²) in [6, 6.07) is 6.35. The summed E-state index contributed by atoms with van der Waals surface area (Å²) in [5.41, 5.74) is 0.862. The van der Waals surface area contributed by atoms with E-state index in [1.54, 1.807) is 12.1 Å². The van der Waals surface area contributed by atoms with Crippen molar-refractivity contribution in [1.29, 1.82) is 0 Å². The Labute approximate surface area is 168 Å². The lowest BCUT2D eigenvalue weighted by atomic mass is 9.49. The molecule has 4 aliphatic rings. The van der Waals surface area contributed by atoms with Gasteiger partial charge in [0.2, 0.25) is 0 Å². The fourth-order valence-electron chi connectivity index (χ4n) is 6.39. The van der Waals surface area contributed by atoms with E-state index in [0.29, 0.717) is 11.0 Å². The Morgan fingerprint density at radius 3 is 2.11 bits per heavy atom. The van der Waals surface area contributed by atoms with Crippen LogP contribution in [-0.2, 0) is 14.6 Å². The number of carbonyl (C=O) groups is 1. The SMILES string of the molecule is COCCS(=O)(=O)c1ccc(C(=O)N(C)CC23CC4CC(CC(C4)C2)C3)cc1. The van der Waals surface area contributed by atoms with Crippen molar-refractivity contribution in [1.82, 2.24) is 4.90 Å². The maximum atomic E-state index is 13.0. The zero-order valence-corrected chi connectivity index (χ0v) is 17.7. The first-order valence-corrected chi connectivity index (χ1v) is 12.0. The highest BCUT2D eigenvalue weighted by atomic mass is 32.2. The van der Waals surface area contributed by atoms with Gasteiger partial charge in [-0.25, -0.2) is 8.42 Å². The van der Waals surface area contributed by atoms with Crippen LogP contribution in [0.3, 0.4) is 0 Å². The second-order valence-electron chi connectivity index (χ2n) is 9.41. The van der Waals surface area contributed by atoms with Crippen LogP contribution in [0.1, 0.15) is 48.9 Å². The van der Waals surface area contributed by atoms with E-state index < -0.39 is 9.84 Å². The predicted molar refractivity (Wildman–Crippen MR) is 108 cm³/mol. The standard InChI is InChI=1S/C22H31NO4S/c1-23(15-22-12-16-9-17(13-22)11-18(10-16)14-22)21(24)19-3-5-20(6-4-19)28(25,26)8-7-27-2/h3-6,16-18H,7-15H2,1-2H3. The van der Waals surface area contributed by atoms with E-state index in [0.717, 1.165) is 24.3 Å². The van der Waals surface area contributed by atoms with Gasteiger partial charge < -0.3 is 9.64 Å². The first-order valence-electron chi connectivity index (χ1n) is 10.4. The van der Waals surface area contributed by atoms with Gasteiger partial charge in [0.25, 0.3) is 5.91 Å². The summed E-state index contributed by atoms with van der Waals surface area (Å²) >= 11 is 0. The second kappa shape index (κ2) is 7.45. The van der Waals surface area contributed by atoms with Crippen molar-refractivity contribution in [2.75, 3.05) is 33.1 Å². The van der Waals surface area contributed by atoms with Crippen molar-refractivity contribution in [3.05, 3.63) is 29.8 Å². The molecule has 28 heavy (non-hydrogen) atoms. The van der Waals surface area contributed by atoms with E-state index in [9.17, 15) is 13.2 Å². The molecule has 4 saturated carbocycles. The van der Waals surface area contributed by atoms with Crippen LogP contribution in [0.2, 0.25) is 0 Å². The van der Waals surface area contributed by atoms with E-state index in [-0.39, 0.29) is 23.2 Å². The largest absolute Gasteiger partial charge is 0.384 e. The zero-order valence-electron chi connectivity index (χ0n) is 16.9. The van der Waals surface area contributed by atoms with Crippen molar-refractivity contribution in [3.8, 4) is 0 Å². The first-order chi connectivity index (χ1) is 13.3. The molecule has 6 heteroatoms. The van der Waals surface area contributed by atoms with Crippen molar-refractivity contribution in [2.45, 2.75) is 43.4 Å². The van der Waals surface area contributed by atoms with Crippen LogP contribution in [0.4, 0.5) is 0 Å². The molecule has 0 atom stereocenters. The number of hydrogen-bond donors (Lipinski definition) is 0. The highest BCUT2D eigenvalue weighted by molar-refractivity contribution is 7.91. The summed E-state index contributed by atoms with van der Waals surface area (Å²) in [4.78, 5) is 15.1.